The fraction of sp³-hybridized carbons (Fsp3) is 0.115. The lowest BCUT2D eigenvalue weighted by Crippen LogP contribution is -2.54. The summed E-state index contributed by atoms with van der Waals surface area (Å²) in [7, 11) is 1.48. The van der Waals surface area contributed by atoms with Crippen LogP contribution in [0.4, 0.5) is 14.9 Å². The maximum Gasteiger partial charge on any atom is 0.335 e. The molecule has 0 bridgehead atoms. The molecular formula is C26H20BrFN2O5. The standard InChI is InChI=1S/C26H20BrFN2O5/c1-15-11-18(27)8-10-22(15)30-25(32)20(24(31)29-26(30)33)12-16-7-9-19(34-2)13-23(16)35-14-17-5-3-4-6-21(17)28/h3-13H,14H2,1-2H3,(H,29,31,33)/b20-12-. The molecule has 4 amide bonds. The van der Waals surface area contributed by atoms with Crippen LogP contribution in [-0.4, -0.2) is 25.0 Å². The van der Waals surface area contributed by atoms with Crippen molar-refractivity contribution in [3.05, 3.63) is 93.2 Å². The quantitative estimate of drug-likeness (QED) is 0.346. The number of urea groups is 1. The number of ether oxygens (including phenoxy) is 2. The van der Waals surface area contributed by atoms with E-state index in [9.17, 15) is 18.8 Å². The highest BCUT2D eigenvalue weighted by Crippen LogP contribution is 2.31. The topological polar surface area (TPSA) is 84.9 Å². The van der Waals surface area contributed by atoms with Gasteiger partial charge in [0, 0.05) is 21.7 Å². The van der Waals surface area contributed by atoms with E-state index in [1.54, 1.807) is 61.5 Å². The summed E-state index contributed by atoms with van der Waals surface area (Å²) in [5.41, 5.74) is 1.47. The van der Waals surface area contributed by atoms with E-state index in [-0.39, 0.29) is 17.9 Å². The Labute approximate surface area is 209 Å². The normalized spacial score (nSPS) is 14.8. The first-order valence-electron chi connectivity index (χ1n) is 10.5. The largest absolute Gasteiger partial charge is 0.497 e. The van der Waals surface area contributed by atoms with Crippen molar-refractivity contribution in [1.82, 2.24) is 5.32 Å². The molecule has 0 radical (unpaired) electrons. The van der Waals surface area contributed by atoms with Crippen LogP contribution in [-0.2, 0) is 16.2 Å². The Morgan fingerprint density at radius 3 is 2.54 bits per heavy atom. The van der Waals surface area contributed by atoms with E-state index in [0.717, 1.165) is 9.37 Å². The van der Waals surface area contributed by atoms with Crippen molar-refractivity contribution in [3.8, 4) is 11.5 Å². The Balaban J connectivity index is 1.71. The second kappa shape index (κ2) is 10.1. The van der Waals surface area contributed by atoms with Crippen molar-refractivity contribution in [2.75, 3.05) is 12.0 Å². The molecule has 35 heavy (non-hydrogen) atoms. The monoisotopic (exact) mass is 538 g/mol. The summed E-state index contributed by atoms with van der Waals surface area (Å²) in [6, 6.07) is 15.2. The Morgan fingerprint density at radius 2 is 1.83 bits per heavy atom. The molecule has 0 aromatic heterocycles. The van der Waals surface area contributed by atoms with Gasteiger partial charge in [-0.05, 0) is 55.0 Å². The fourth-order valence-corrected chi connectivity index (χ4v) is 4.03. The molecule has 3 aromatic rings. The van der Waals surface area contributed by atoms with Gasteiger partial charge in [-0.3, -0.25) is 14.9 Å². The molecule has 9 heteroatoms. The first-order chi connectivity index (χ1) is 16.8. The number of nitrogens with zero attached hydrogens (tertiary/aromatic N) is 1. The zero-order chi connectivity index (χ0) is 25.1. The molecule has 1 fully saturated rings. The van der Waals surface area contributed by atoms with Gasteiger partial charge in [0.15, 0.2) is 0 Å². The number of nitrogens with one attached hydrogen (secondary N) is 1. The zero-order valence-corrected chi connectivity index (χ0v) is 20.4. The molecule has 178 valence electrons. The zero-order valence-electron chi connectivity index (χ0n) is 18.8. The first kappa shape index (κ1) is 24.2. The van der Waals surface area contributed by atoms with Gasteiger partial charge in [-0.25, -0.2) is 14.1 Å². The number of barbiturate groups is 1. The summed E-state index contributed by atoms with van der Waals surface area (Å²) < 4.78 is 25.9. The van der Waals surface area contributed by atoms with Gasteiger partial charge in [0.1, 0.15) is 29.5 Å². The van der Waals surface area contributed by atoms with Crippen molar-refractivity contribution >= 4 is 45.5 Å². The Morgan fingerprint density at radius 1 is 1.06 bits per heavy atom. The number of rotatable bonds is 6. The van der Waals surface area contributed by atoms with Crippen LogP contribution in [0.1, 0.15) is 16.7 Å². The summed E-state index contributed by atoms with van der Waals surface area (Å²) in [5, 5.41) is 2.21. The van der Waals surface area contributed by atoms with Crippen LogP contribution in [0.5, 0.6) is 11.5 Å². The molecule has 0 atom stereocenters. The molecule has 1 N–H and O–H groups in total. The van der Waals surface area contributed by atoms with Crippen molar-refractivity contribution in [1.29, 1.82) is 0 Å². The number of aryl methyl sites for hydroxylation is 1. The number of imide groups is 2. The number of anilines is 1. The van der Waals surface area contributed by atoms with Crippen LogP contribution in [0.25, 0.3) is 6.08 Å². The second-order valence-corrected chi connectivity index (χ2v) is 8.59. The van der Waals surface area contributed by atoms with Gasteiger partial charge < -0.3 is 9.47 Å². The minimum Gasteiger partial charge on any atom is -0.497 e. The van der Waals surface area contributed by atoms with Gasteiger partial charge in [-0.1, -0.05) is 34.1 Å². The summed E-state index contributed by atoms with van der Waals surface area (Å²) in [6.45, 7) is 1.66. The minimum absolute atomic E-state index is 0.0845. The smallest absolute Gasteiger partial charge is 0.335 e. The molecule has 3 aromatic carbocycles. The summed E-state index contributed by atoms with van der Waals surface area (Å²) in [4.78, 5) is 39.4. The van der Waals surface area contributed by atoms with Crippen LogP contribution in [0.15, 0.2) is 70.7 Å². The lowest BCUT2D eigenvalue weighted by Gasteiger charge is -2.27. The molecule has 4 rings (SSSR count). The summed E-state index contributed by atoms with van der Waals surface area (Å²) >= 11 is 3.35. The van der Waals surface area contributed by atoms with Gasteiger partial charge in [0.25, 0.3) is 11.8 Å². The highest BCUT2D eigenvalue weighted by atomic mass is 79.9. The van der Waals surface area contributed by atoms with E-state index in [4.69, 9.17) is 9.47 Å². The third kappa shape index (κ3) is 5.09. The lowest BCUT2D eigenvalue weighted by molar-refractivity contribution is -0.122. The van der Waals surface area contributed by atoms with Crippen LogP contribution in [0.2, 0.25) is 0 Å². The number of hydrogen-bond donors (Lipinski definition) is 1. The summed E-state index contributed by atoms with van der Waals surface area (Å²) in [5.74, 6) is -1.29. The van der Waals surface area contributed by atoms with Crippen LogP contribution < -0.4 is 19.7 Å². The van der Waals surface area contributed by atoms with E-state index in [2.05, 4.69) is 21.2 Å². The number of amides is 4. The Hall–Kier alpha value is -3.98. The highest BCUT2D eigenvalue weighted by molar-refractivity contribution is 9.10. The molecule has 0 saturated carbocycles. The highest BCUT2D eigenvalue weighted by Gasteiger charge is 2.37. The second-order valence-electron chi connectivity index (χ2n) is 7.67. The van der Waals surface area contributed by atoms with E-state index in [0.29, 0.717) is 28.1 Å². The molecule has 7 nitrogen and oxygen atoms in total. The van der Waals surface area contributed by atoms with Crippen LogP contribution >= 0.6 is 15.9 Å². The predicted octanol–water partition coefficient (Wildman–Crippen LogP) is 5.15. The number of methoxy groups -OCH3 is 1. The molecule has 1 aliphatic heterocycles. The van der Waals surface area contributed by atoms with Gasteiger partial charge in [-0.15, -0.1) is 0 Å². The van der Waals surface area contributed by atoms with E-state index < -0.39 is 23.7 Å². The Kier molecular flexibility index (Phi) is 6.97. The van der Waals surface area contributed by atoms with E-state index in [1.165, 1.54) is 19.3 Å². The average molecular weight is 539 g/mol. The van der Waals surface area contributed by atoms with Gasteiger partial charge in [0.2, 0.25) is 0 Å². The molecular weight excluding hydrogens is 519 g/mol. The number of carbonyl (C=O) groups excluding carboxylic acids is 3. The third-order valence-corrected chi connectivity index (χ3v) is 5.86. The molecule has 1 aliphatic rings. The maximum absolute atomic E-state index is 14.1. The van der Waals surface area contributed by atoms with Gasteiger partial charge >= 0.3 is 6.03 Å². The van der Waals surface area contributed by atoms with Crippen molar-refractivity contribution in [2.24, 2.45) is 0 Å². The minimum atomic E-state index is -0.840. The number of benzene rings is 3. The maximum atomic E-state index is 14.1. The molecule has 1 heterocycles. The Bertz CT molecular complexity index is 1370. The SMILES string of the molecule is COc1ccc(/C=C2/C(=O)NC(=O)N(c3ccc(Br)cc3C)C2=O)c(OCc2ccccc2F)c1. The summed E-state index contributed by atoms with van der Waals surface area (Å²) in [6.07, 6.45) is 1.33. The number of halogens is 2. The molecule has 0 unspecified atom stereocenters. The number of carbonyl (C=O) groups is 3. The molecule has 0 spiro atoms. The first-order valence-corrected chi connectivity index (χ1v) is 11.3. The van der Waals surface area contributed by atoms with Crippen molar-refractivity contribution in [2.45, 2.75) is 13.5 Å². The van der Waals surface area contributed by atoms with E-state index >= 15 is 0 Å². The van der Waals surface area contributed by atoms with E-state index in [1.807, 2.05) is 0 Å². The predicted molar refractivity (Wildman–Crippen MR) is 132 cm³/mol. The van der Waals surface area contributed by atoms with Crippen LogP contribution in [0, 0.1) is 12.7 Å². The average Bonchev–Trinajstić information content (AvgIpc) is 2.83. The number of hydrogen-bond acceptors (Lipinski definition) is 5. The molecule has 1 saturated heterocycles. The van der Waals surface area contributed by atoms with Gasteiger partial charge in [-0.2, -0.15) is 0 Å². The fourth-order valence-electron chi connectivity index (χ4n) is 3.56. The van der Waals surface area contributed by atoms with Crippen molar-refractivity contribution in [3.63, 3.8) is 0 Å². The third-order valence-electron chi connectivity index (χ3n) is 5.36. The molecule has 0 aliphatic carbocycles. The van der Waals surface area contributed by atoms with Crippen molar-refractivity contribution < 1.29 is 28.2 Å². The van der Waals surface area contributed by atoms with Gasteiger partial charge in [0.05, 0.1) is 12.8 Å². The van der Waals surface area contributed by atoms with Crippen LogP contribution in [0.3, 0.4) is 0 Å². The lowest BCUT2D eigenvalue weighted by atomic mass is 10.0.